The van der Waals surface area contributed by atoms with Gasteiger partial charge in [-0.2, -0.15) is 9.97 Å². The van der Waals surface area contributed by atoms with Crippen molar-refractivity contribution in [1.29, 1.82) is 0 Å². The molecule has 0 aliphatic carbocycles. The van der Waals surface area contributed by atoms with Crippen molar-refractivity contribution in [2.45, 2.75) is 0 Å². The molecule has 2 aromatic heterocycles. The second-order valence-corrected chi connectivity index (χ2v) is 5.71. The van der Waals surface area contributed by atoms with Crippen LogP contribution in [-0.4, -0.2) is 27.1 Å². The fraction of sp³-hybridized carbons (Fsp3) is 0.0500. The Morgan fingerprint density at radius 3 is 2.38 bits per heavy atom. The Morgan fingerprint density at radius 2 is 1.62 bits per heavy atom. The first-order valence-electron chi connectivity index (χ1n) is 8.08. The van der Waals surface area contributed by atoms with Crippen LogP contribution >= 0.6 is 0 Å². The SMILES string of the molecule is CN(c1ccccc1)c1ccc(Oc2nc(O)c3ccncc3n2)cc1. The Kier molecular flexibility index (Phi) is 4.07. The number of ether oxygens (including phenoxy) is 1. The maximum atomic E-state index is 10.0. The zero-order valence-corrected chi connectivity index (χ0v) is 14.1. The van der Waals surface area contributed by atoms with Crippen molar-refractivity contribution >= 4 is 22.3 Å². The molecule has 2 aromatic carbocycles. The number of aromatic hydroxyl groups is 1. The van der Waals surface area contributed by atoms with E-state index in [0.717, 1.165) is 11.4 Å². The van der Waals surface area contributed by atoms with Gasteiger partial charge in [0, 0.05) is 24.6 Å². The van der Waals surface area contributed by atoms with Crippen LogP contribution in [0.4, 0.5) is 11.4 Å². The van der Waals surface area contributed by atoms with Gasteiger partial charge in [0.2, 0.25) is 5.88 Å². The van der Waals surface area contributed by atoms with Crippen molar-refractivity contribution < 1.29 is 9.84 Å². The Hall–Kier alpha value is -3.67. The third-order valence-electron chi connectivity index (χ3n) is 4.04. The van der Waals surface area contributed by atoms with Gasteiger partial charge in [0.25, 0.3) is 0 Å². The highest BCUT2D eigenvalue weighted by molar-refractivity contribution is 5.82. The van der Waals surface area contributed by atoms with E-state index in [0.29, 0.717) is 16.7 Å². The lowest BCUT2D eigenvalue weighted by atomic mass is 10.2. The summed E-state index contributed by atoms with van der Waals surface area (Å²) < 4.78 is 5.68. The Balaban J connectivity index is 1.56. The highest BCUT2D eigenvalue weighted by atomic mass is 16.5. The normalized spacial score (nSPS) is 10.7. The second-order valence-electron chi connectivity index (χ2n) is 5.71. The molecular weight excluding hydrogens is 328 g/mol. The van der Waals surface area contributed by atoms with E-state index in [1.165, 1.54) is 0 Å². The molecular formula is C20H16N4O2. The molecule has 128 valence electrons. The van der Waals surface area contributed by atoms with Crippen LogP contribution < -0.4 is 9.64 Å². The molecule has 0 aliphatic rings. The molecule has 4 rings (SSSR count). The van der Waals surface area contributed by atoms with Crippen LogP contribution in [0.15, 0.2) is 73.1 Å². The molecule has 0 saturated heterocycles. The summed E-state index contributed by atoms with van der Waals surface area (Å²) in [6, 6.07) is 19.4. The van der Waals surface area contributed by atoms with Crippen molar-refractivity contribution in [3.8, 4) is 17.6 Å². The summed E-state index contributed by atoms with van der Waals surface area (Å²) in [5.74, 6) is 0.450. The van der Waals surface area contributed by atoms with Crippen molar-refractivity contribution in [3.63, 3.8) is 0 Å². The highest BCUT2D eigenvalue weighted by Gasteiger charge is 2.09. The molecule has 1 N–H and O–H groups in total. The van der Waals surface area contributed by atoms with Crippen LogP contribution in [0.2, 0.25) is 0 Å². The van der Waals surface area contributed by atoms with Gasteiger partial charge in [-0.1, -0.05) is 18.2 Å². The van der Waals surface area contributed by atoms with Crippen LogP contribution in [0.1, 0.15) is 0 Å². The van der Waals surface area contributed by atoms with E-state index in [9.17, 15) is 5.11 Å². The van der Waals surface area contributed by atoms with Crippen molar-refractivity contribution in [1.82, 2.24) is 15.0 Å². The van der Waals surface area contributed by atoms with Crippen LogP contribution in [0.5, 0.6) is 17.6 Å². The van der Waals surface area contributed by atoms with E-state index in [1.807, 2.05) is 61.6 Å². The highest BCUT2D eigenvalue weighted by Crippen LogP contribution is 2.28. The molecule has 6 nitrogen and oxygen atoms in total. The summed E-state index contributed by atoms with van der Waals surface area (Å²) in [6.07, 6.45) is 3.13. The third-order valence-corrected chi connectivity index (χ3v) is 4.04. The van der Waals surface area contributed by atoms with Crippen LogP contribution in [-0.2, 0) is 0 Å². The molecule has 0 amide bonds. The topological polar surface area (TPSA) is 71.4 Å². The minimum absolute atomic E-state index is 0.0761. The molecule has 26 heavy (non-hydrogen) atoms. The second kappa shape index (κ2) is 6.68. The van der Waals surface area contributed by atoms with E-state index in [1.54, 1.807) is 18.5 Å². The average molecular weight is 344 g/mol. The number of para-hydroxylation sites is 1. The molecule has 0 aliphatic heterocycles. The molecule has 6 heteroatoms. The predicted molar refractivity (Wildman–Crippen MR) is 100 cm³/mol. The third kappa shape index (κ3) is 3.12. The van der Waals surface area contributed by atoms with E-state index >= 15 is 0 Å². The van der Waals surface area contributed by atoms with Gasteiger partial charge < -0.3 is 14.7 Å². The first kappa shape index (κ1) is 15.8. The smallest absolute Gasteiger partial charge is 0.325 e. The Bertz CT molecular complexity index is 1040. The summed E-state index contributed by atoms with van der Waals surface area (Å²) in [5, 5.41) is 10.5. The fourth-order valence-corrected chi connectivity index (χ4v) is 2.63. The quantitative estimate of drug-likeness (QED) is 0.595. The van der Waals surface area contributed by atoms with Gasteiger partial charge in [-0.05, 0) is 42.5 Å². The monoisotopic (exact) mass is 344 g/mol. The molecule has 0 atom stereocenters. The van der Waals surface area contributed by atoms with Crippen molar-refractivity contribution in [2.24, 2.45) is 0 Å². The molecule has 0 spiro atoms. The number of fused-ring (bicyclic) bond motifs is 1. The Morgan fingerprint density at radius 1 is 0.885 bits per heavy atom. The van der Waals surface area contributed by atoms with Crippen molar-refractivity contribution in [2.75, 3.05) is 11.9 Å². The Labute approximate surface area is 150 Å². The largest absolute Gasteiger partial charge is 0.493 e. The number of nitrogens with zero attached hydrogens (tertiary/aromatic N) is 4. The number of rotatable bonds is 4. The molecule has 0 fully saturated rings. The summed E-state index contributed by atoms with van der Waals surface area (Å²) >= 11 is 0. The minimum Gasteiger partial charge on any atom is -0.493 e. The standard InChI is InChI=1S/C20H16N4O2/c1-24(14-5-3-2-4-6-14)15-7-9-16(10-8-15)26-20-22-18-13-21-12-11-17(18)19(25)23-20/h2-13H,1H3,(H,22,23,25). The van der Waals surface area contributed by atoms with Crippen LogP contribution in [0.25, 0.3) is 10.9 Å². The first-order valence-corrected chi connectivity index (χ1v) is 8.08. The number of hydrogen-bond acceptors (Lipinski definition) is 6. The van der Waals surface area contributed by atoms with Gasteiger partial charge >= 0.3 is 6.01 Å². The summed E-state index contributed by atoms with van der Waals surface area (Å²) in [6.45, 7) is 0. The summed E-state index contributed by atoms with van der Waals surface area (Å²) in [5.41, 5.74) is 2.64. The predicted octanol–water partition coefficient (Wildman–Crippen LogP) is 4.29. The van der Waals surface area contributed by atoms with E-state index in [2.05, 4.69) is 19.9 Å². The van der Waals surface area contributed by atoms with Gasteiger partial charge in [-0.3, -0.25) is 4.98 Å². The van der Waals surface area contributed by atoms with E-state index in [-0.39, 0.29) is 11.9 Å². The molecule has 0 radical (unpaired) electrons. The van der Waals surface area contributed by atoms with E-state index in [4.69, 9.17) is 4.74 Å². The van der Waals surface area contributed by atoms with E-state index < -0.39 is 0 Å². The number of aromatic nitrogens is 3. The molecule has 0 bridgehead atoms. The maximum Gasteiger partial charge on any atom is 0.325 e. The lowest BCUT2D eigenvalue weighted by Crippen LogP contribution is -2.08. The van der Waals surface area contributed by atoms with Gasteiger partial charge in [0.1, 0.15) is 5.75 Å². The lowest BCUT2D eigenvalue weighted by molar-refractivity contribution is 0.412. The average Bonchev–Trinajstić information content (AvgIpc) is 2.69. The number of pyridine rings is 1. The zero-order chi connectivity index (χ0) is 17.9. The fourth-order valence-electron chi connectivity index (χ4n) is 2.63. The molecule has 0 saturated carbocycles. The number of hydrogen-bond donors (Lipinski definition) is 1. The summed E-state index contributed by atoms with van der Waals surface area (Å²) in [7, 11) is 2.00. The van der Waals surface area contributed by atoms with Crippen LogP contribution in [0, 0.1) is 0 Å². The first-order chi connectivity index (χ1) is 12.7. The molecule has 4 aromatic rings. The molecule has 0 unspecified atom stereocenters. The number of benzene rings is 2. The van der Waals surface area contributed by atoms with Gasteiger partial charge in [-0.15, -0.1) is 0 Å². The minimum atomic E-state index is -0.132. The van der Waals surface area contributed by atoms with Gasteiger partial charge in [0.15, 0.2) is 0 Å². The maximum absolute atomic E-state index is 10.0. The zero-order valence-electron chi connectivity index (χ0n) is 14.1. The van der Waals surface area contributed by atoms with Crippen LogP contribution in [0.3, 0.4) is 0 Å². The van der Waals surface area contributed by atoms with Crippen molar-refractivity contribution in [3.05, 3.63) is 73.1 Å². The summed E-state index contributed by atoms with van der Waals surface area (Å²) in [4.78, 5) is 14.3. The number of anilines is 2. The molecule has 2 heterocycles. The van der Waals surface area contributed by atoms with Gasteiger partial charge in [0.05, 0.1) is 17.1 Å². The lowest BCUT2D eigenvalue weighted by Gasteiger charge is -2.19. The van der Waals surface area contributed by atoms with Gasteiger partial charge in [-0.25, -0.2) is 0 Å².